The number of hydrogen-bond donors (Lipinski definition) is 1. The Morgan fingerprint density at radius 2 is 1.67 bits per heavy atom. The maximum absolute atomic E-state index is 11.6. The molecule has 0 aliphatic heterocycles. The van der Waals surface area contributed by atoms with Crippen LogP contribution in [0.15, 0.2) is 0 Å². The molecule has 0 rings (SSSR count). The third-order valence-electron chi connectivity index (χ3n) is 2.06. The molecule has 0 heterocycles. The smallest absolute Gasteiger partial charge is 0.329 e. The first-order chi connectivity index (χ1) is 8.54. The molecule has 0 fully saturated rings. The first-order valence-corrected chi connectivity index (χ1v) is 6.16. The summed E-state index contributed by atoms with van der Waals surface area (Å²) in [6.45, 7) is 5.61. The van der Waals surface area contributed by atoms with Crippen LogP contribution in [0.2, 0.25) is 0 Å². The van der Waals surface area contributed by atoms with Crippen molar-refractivity contribution in [2.24, 2.45) is 0 Å². The largest absolute Gasteiger partial charge is 0.466 e. The van der Waals surface area contributed by atoms with Crippen molar-refractivity contribution >= 4 is 17.8 Å². The van der Waals surface area contributed by atoms with E-state index >= 15 is 0 Å². The SMILES string of the molecule is CCCC(=O)N[C@@H](CC(=O)OCC)C(=O)OCC. The lowest BCUT2D eigenvalue weighted by Gasteiger charge is -2.16. The summed E-state index contributed by atoms with van der Waals surface area (Å²) >= 11 is 0. The molecule has 1 amide bonds. The maximum atomic E-state index is 11.6. The van der Waals surface area contributed by atoms with Crippen LogP contribution < -0.4 is 5.32 Å². The lowest BCUT2D eigenvalue weighted by Crippen LogP contribution is -2.43. The van der Waals surface area contributed by atoms with E-state index in [2.05, 4.69) is 5.32 Å². The van der Waals surface area contributed by atoms with E-state index in [9.17, 15) is 14.4 Å². The fraction of sp³-hybridized carbons (Fsp3) is 0.750. The molecule has 0 aliphatic carbocycles. The molecular formula is C12H21NO5. The zero-order valence-corrected chi connectivity index (χ0v) is 11.2. The van der Waals surface area contributed by atoms with Crippen LogP contribution in [0, 0.1) is 0 Å². The average Bonchev–Trinajstić information content (AvgIpc) is 2.29. The van der Waals surface area contributed by atoms with Crippen LogP contribution in [0.3, 0.4) is 0 Å². The second kappa shape index (κ2) is 9.44. The number of amides is 1. The molecule has 0 aliphatic rings. The summed E-state index contributed by atoms with van der Waals surface area (Å²) in [5.74, 6) is -1.43. The maximum Gasteiger partial charge on any atom is 0.329 e. The number of esters is 2. The van der Waals surface area contributed by atoms with Crippen LogP contribution in [-0.2, 0) is 23.9 Å². The van der Waals surface area contributed by atoms with Gasteiger partial charge in [-0.1, -0.05) is 6.92 Å². The molecule has 0 aromatic rings. The molecule has 1 N–H and O–H groups in total. The Hall–Kier alpha value is -1.59. The van der Waals surface area contributed by atoms with Gasteiger partial charge in [-0.25, -0.2) is 4.79 Å². The molecule has 104 valence electrons. The van der Waals surface area contributed by atoms with Gasteiger partial charge in [0.2, 0.25) is 5.91 Å². The van der Waals surface area contributed by atoms with Crippen LogP contribution in [-0.4, -0.2) is 37.1 Å². The zero-order valence-electron chi connectivity index (χ0n) is 11.2. The molecule has 6 nitrogen and oxygen atoms in total. The molecule has 0 unspecified atom stereocenters. The predicted octanol–water partition coefficient (Wildman–Crippen LogP) is 0.788. The first-order valence-electron chi connectivity index (χ1n) is 6.16. The quantitative estimate of drug-likeness (QED) is 0.652. The lowest BCUT2D eigenvalue weighted by molar-refractivity contribution is -0.153. The van der Waals surface area contributed by atoms with Crippen LogP contribution in [0.25, 0.3) is 0 Å². The summed E-state index contributed by atoms with van der Waals surface area (Å²) in [6.07, 6.45) is 0.766. The molecule has 6 heteroatoms. The van der Waals surface area contributed by atoms with Gasteiger partial charge in [-0.15, -0.1) is 0 Å². The van der Waals surface area contributed by atoms with Crippen LogP contribution in [0.1, 0.15) is 40.0 Å². The van der Waals surface area contributed by atoms with Crippen LogP contribution >= 0.6 is 0 Å². The summed E-state index contributed by atoms with van der Waals surface area (Å²) < 4.78 is 9.54. The van der Waals surface area contributed by atoms with Crippen molar-refractivity contribution in [1.82, 2.24) is 5.32 Å². The summed E-state index contributed by atoms with van der Waals surface area (Å²) in [5, 5.41) is 2.48. The van der Waals surface area contributed by atoms with Crippen molar-refractivity contribution in [2.75, 3.05) is 13.2 Å². The van der Waals surface area contributed by atoms with E-state index in [1.165, 1.54) is 0 Å². The monoisotopic (exact) mass is 259 g/mol. The number of carbonyl (C=O) groups is 3. The summed E-state index contributed by atoms with van der Waals surface area (Å²) in [4.78, 5) is 34.3. The van der Waals surface area contributed by atoms with E-state index in [-0.39, 0.29) is 25.5 Å². The number of carbonyl (C=O) groups excluding carboxylic acids is 3. The van der Waals surface area contributed by atoms with Gasteiger partial charge in [0.05, 0.1) is 19.6 Å². The lowest BCUT2D eigenvalue weighted by atomic mass is 10.2. The highest BCUT2D eigenvalue weighted by atomic mass is 16.5. The molecule has 18 heavy (non-hydrogen) atoms. The Kier molecular flexibility index (Phi) is 8.61. The van der Waals surface area contributed by atoms with Crippen molar-refractivity contribution in [3.63, 3.8) is 0 Å². The molecule has 0 bridgehead atoms. The Balaban J connectivity index is 4.46. The Labute approximate surface area is 107 Å². The van der Waals surface area contributed by atoms with E-state index in [1.807, 2.05) is 6.92 Å². The minimum absolute atomic E-state index is 0.196. The van der Waals surface area contributed by atoms with Crippen molar-refractivity contribution in [2.45, 2.75) is 46.1 Å². The van der Waals surface area contributed by atoms with Gasteiger partial charge < -0.3 is 14.8 Å². The Bertz CT molecular complexity index is 270. The van der Waals surface area contributed by atoms with Gasteiger partial charge in [0, 0.05) is 6.42 Å². The molecule has 0 saturated carbocycles. The van der Waals surface area contributed by atoms with E-state index in [0.29, 0.717) is 12.8 Å². The topological polar surface area (TPSA) is 81.7 Å². The normalized spacial score (nSPS) is 11.5. The Morgan fingerprint density at radius 1 is 1.06 bits per heavy atom. The molecule has 1 atom stereocenters. The molecule has 0 aromatic heterocycles. The Morgan fingerprint density at radius 3 is 2.17 bits per heavy atom. The van der Waals surface area contributed by atoms with Crippen molar-refractivity contribution < 1.29 is 23.9 Å². The molecule has 0 spiro atoms. The second-order valence-electron chi connectivity index (χ2n) is 3.63. The first kappa shape index (κ1) is 16.4. The summed E-state index contributed by atoms with van der Waals surface area (Å²) in [5.41, 5.74) is 0. The van der Waals surface area contributed by atoms with Gasteiger partial charge in [0.25, 0.3) is 0 Å². The highest BCUT2D eigenvalue weighted by molar-refractivity contribution is 5.88. The number of ether oxygens (including phenoxy) is 2. The molecule has 0 aromatic carbocycles. The highest BCUT2D eigenvalue weighted by Crippen LogP contribution is 2.00. The molecular weight excluding hydrogens is 238 g/mol. The second-order valence-corrected chi connectivity index (χ2v) is 3.63. The van der Waals surface area contributed by atoms with Gasteiger partial charge in [0.15, 0.2) is 0 Å². The van der Waals surface area contributed by atoms with E-state index in [4.69, 9.17) is 9.47 Å². The fourth-order valence-electron chi connectivity index (χ4n) is 1.32. The van der Waals surface area contributed by atoms with Gasteiger partial charge in [-0.05, 0) is 20.3 Å². The van der Waals surface area contributed by atoms with Gasteiger partial charge >= 0.3 is 11.9 Å². The summed E-state index contributed by atoms with van der Waals surface area (Å²) in [6, 6.07) is -0.969. The third-order valence-corrected chi connectivity index (χ3v) is 2.06. The molecule has 0 radical (unpaired) electrons. The van der Waals surface area contributed by atoms with Gasteiger partial charge in [0.1, 0.15) is 6.04 Å². The minimum Gasteiger partial charge on any atom is -0.466 e. The van der Waals surface area contributed by atoms with E-state index in [0.717, 1.165) is 0 Å². The van der Waals surface area contributed by atoms with Crippen molar-refractivity contribution in [3.05, 3.63) is 0 Å². The van der Waals surface area contributed by atoms with E-state index < -0.39 is 18.0 Å². The molecule has 0 saturated heterocycles. The van der Waals surface area contributed by atoms with Crippen molar-refractivity contribution in [3.8, 4) is 0 Å². The minimum atomic E-state index is -0.969. The number of nitrogens with one attached hydrogen (secondary N) is 1. The average molecular weight is 259 g/mol. The van der Waals surface area contributed by atoms with Crippen LogP contribution in [0.5, 0.6) is 0 Å². The van der Waals surface area contributed by atoms with Gasteiger partial charge in [-0.2, -0.15) is 0 Å². The highest BCUT2D eigenvalue weighted by Gasteiger charge is 2.25. The number of rotatable bonds is 8. The predicted molar refractivity (Wildman–Crippen MR) is 64.7 cm³/mol. The van der Waals surface area contributed by atoms with Gasteiger partial charge in [-0.3, -0.25) is 9.59 Å². The van der Waals surface area contributed by atoms with E-state index in [1.54, 1.807) is 13.8 Å². The third kappa shape index (κ3) is 6.88. The zero-order chi connectivity index (χ0) is 14.0. The van der Waals surface area contributed by atoms with Crippen LogP contribution in [0.4, 0.5) is 0 Å². The number of hydrogen-bond acceptors (Lipinski definition) is 5. The standard InChI is InChI=1S/C12H21NO5/c1-4-7-10(14)13-9(12(16)18-6-3)8-11(15)17-5-2/h9H,4-8H2,1-3H3,(H,13,14)/t9-/m0/s1. The van der Waals surface area contributed by atoms with Crippen molar-refractivity contribution in [1.29, 1.82) is 0 Å². The summed E-state index contributed by atoms with van der Waals surface area (Å²) in [7, 11) is 0. The fourth-order valence-corrected chi connectivity index (χ4v) is 1.32.